The molecule has 0 radical (unpaired) electrons. The third-order valence-electron chi connectivity index (χ3n) is 5.08. The fraction of sp³-hybridized carbons (Fsp3) is 0.350. The van der Waals surface area contributed by atoms with E-state index in [0.717, 1.165) is 26.5 Å². The maximum absolute atomic E-state index is 11.2. The molecular weight excluding hydrogens is 431 g/mol. The number of carboxylic acids is 1. The highest BCUT2D eigenvalue weighted by Gasteiger charge is 2.26. The Morgan fingerprint density at radius 2 is 2.00 bits per heavy atom. The molecule has 152 valence electrons. The Morgan fingerprint density at radius 3 is 2.69 bits per heavy atom. The number of rotatable bonds is 5. The van der Waals surface area contributed by atoms with E-state index in [0.29, 0.717) is 48.5 Å². The van der Waals surface area contributed by atoms with Gasteiger partial charge in [0.25, 0.3) is 0 Å². The number of fused-ring (bicyclic) bond motifs is 1. The van der Waals surface area contributed by atoms with Crippen molar-refractivity contribution >= 4 is 62.5 Å². The van der Waals surface area contributed by atoms with Gasteiger partial charge in [0.15, 0.2) is 0 Å². The SMILES string of the molecule is Cc1cc2c(NCc3ccc(Cl)c(Cl)c3)nc(N3CCC(C(=O)O)CC3)nc2s1. The highest BCUT2D eigenvalue weighted by atomic mass is 35.5. The maximum Gasteiger partial charge on any atom is 0.306 e. The molecule has 0 aliphatic carbocycles. The molecule has 4 rings (SSSR count). The van der Waals surface area contributed by atoms with Crippen molar-refractivity contribution in [2.75, 3.05) is 23.3 Å². The molecule has 3 heterocycles. The van der Waals surface area contributed by atoms with Gasteiger partial charge in [-0.2, -0.15) is 4.98 Å². The number of carboxylic acid groups (broad SMARTS) is 1. The summed E-state index contributed by atoms with van der Waals surface area (Å²) in [6, 6.07) is 7.63. The first kappa shape index (κ1) is 20.2. The van der Waals surface area contributed by atoms with E-state index in [1.165, 1.54) is 0 Å². The molecule has 2 aromatic heterocycles. The number of nitrogens with one attached hydrogen (secondary N) is 1. The summed E-state index contributed by atoms with van der Waals surface area (Å²) >= 11 is 13.7. The summed E-state index contributed by atoms with van der Waals surface area (Å²) in [6.45, 7) is 3.88. The van der Waals surface area contributed by atoms with Crippen molar-refractivity contribution in [1.82, 2.24) is 9.97 Å². The number of carbonyl (C=O) groups is 1. The fourth-order valence-electron chi connectivity index (χ4n) is 3.47. The van der Waals surface area contributed by atoms with Crippen LogP contribution >= 0.6 is 34.5 Å². The number of piperidine rings is 1. The van der Waals surface area contributed by atoms with E-state index in [9.17, 15) is 9.90 Å². The lowest BCUT2D eigenvalue weighted by molar-refractivity contribution is -0.142. The molecule has 0 amide bonds. The number of nitrogens with zero attached hydrogens (tertiary/aromatic N) is 3. The Kier molecular flexibility index (Phi) is 5.81. The van der Waals surface area contributed by atoms with Crippen LogP contribution in [0.3, 0.4) is 0 Å². The van der Waals surface area contributed by atoms with E-state index in [-0.39, 0.29) is 5.92 Å². The molecule has 0 spiro atoms. The van der Waals surface area contributed by atoms with Gasteiger partial charge in [0, 0.05) is 24.5 Å². The van der Waals surface area contributed by atoms with Crippen LogP contribution in [0.15, 0.2) is 24.3 Å². The van der Waals surface area contributed by atoms with Crippen molar-refractivity contribution in [2.24, 2.45) is 5.92 Å². The maximum atomic E-state index is 11.2. The number of aliphatic carboxylic acids is 1. The second-order valence-electron chi connectivity index (χ2n) is 7.15. The van der Waals surface area contributed by atoms with Crippen LogP contribution < -0.4 is 10.2 Å². The summed E-state index contributed by atoms with van der Waals surface area (Å²) in [5, 5.41) is 14.7. The molecule has 1 aliphatic heterocycles. The molecule has 0 atom stereocenters. The number of benzene rings is 1. The van der Waals surface area contributed by atoms with Gasteiger partial charge in [-0.25, -0.2) is 4.98 Å². The molecule has 6 nitrogen and oxygen atoms in total. The van der Waals surface area contributed by atoms with Gasteiger partial charge in [-0.3, -0.25) is 4.79 Å². The van der Waals surface area contributed by atoms with Crippen LogP contribution in [0.4, 0.5) is 11.8 Å². The zero-order chi connectivity index (χ0) is 20.5. The van der Waals surface area contributed by atoms with Crippen molar-refractivity contribution in [2.45, 2.75) is 26.3 Å². The Hall–Kier alpha value is -2.09. The van der Waals surface area contributed by atoms with E-state index in [4.69, 9.17) is 33.2 Å². The summed E-state index contributed by atoms with van der Waals surface area (Å²) in [7, 11) is 0. The largest absolute Gasteiger partial charge is 0.481 e. The minimum atomic E-state index is -0.723. The number of halogens is 2. The van der Waals surface area contributed by atoms with Gasteiger partial charge in [0.05, 0.1) is 21.3 Å². The van der Waals surface area contributed by atoms with Crippen molar-refractivity contribution in [3.63, 3.8) is 0 Å². The highest BCUT2D eigenvalue weighted by Crippen LogP contribution is 2.32. The average Bonchev–Trinajstić information content (AvgIpc) is 3.09. The molecular formula is C20H20Cl2N4O2S. The first-order valence-electron chi connectivity index (χ1n) is 9.34. The third-order valence-corrected chi connectivity index (χ3v) is 6.76. The summed E-state index contributed by atoms with van der Waals surface area (Å²) in [5.41, 5.74) is 1.00. The topological polar surface area (TPSA) is 78.4 Å². The van der Waals surface area contributed by atoms with Crippen LogP contribution in [0.25, 0.3) is 10.2 Å². The second kappa shape index (κ2) is 8.34. The number of hydrogen-bond donors (Lipinski definition) is 2. The van der Waals surface area contributed by atoms with Crippen LogP contribution in [0.5, 0.6) is 0 Å². The fourth-order valence-corrected chi connectivity index (χ4v) is 4.66. The number of hydrogen-bond acceptors (Lipinski definition) is 6. The number of thiophene rings is 1. The van der Waals surface area contributed by atoms with Gasteiger partial charge >= 0.3 is 5.97 Å². The standard InChI is InChI=1S/C20H20Cl2N4O2S/c1-11-8-14-17(23-10-12-2-3-15(21)16(22)9-12)24-20(25-18(14)29-11)26-6-4-13(5-7-26)19(27)28/h2-3,8-9,13H,4-7,10H2,1H3,(H,27,28)(H,23,24,25). The van der Waals surface area contributed by atoms with Crippen LogP contribution in [-0.4, -0.2) is 34.1 Å². The zero-order valence-corrected chi connectivity index (χ0v) is 18.1. The molecule has 0 unspecified atom stereocenters. The summed E-state index contributed by atoms with van der Waals surface area (Å²) in [6.07, 6.45) is 1.21. The van der Waals surface area contributed by atoms with Crippen LogP contribution in [-0.2, 0) is 11.3 Å². The molecule has 29 heavy (non-hydrogen) atoms. The van der Waals surface area contributed by atoms with Gasteiger partial charge in [0.2, 0.25) is 5.95 Å². The Balaban J connectivity index is 1.59. The molecule has 2 N–H and O–H groups in total. The van der Waals surface area contributed by atoms with Gasteiger partial charge in [-0.15, -0.1) is 11.3 Å². The molecule has 9 heteroatoms. The van der Waals surface area contributed by atoms with Crippen LogP contribution in [0, 0.1) is 12.8 Å². The Bertz CT molecular complexity index is 1060. The van der Waals surface area contributed by atoms with E-state index >= 15 is 0 Å². The quantitative estimate of drug-likeness (QED) is 0.554. The first-order chi connectivity index (χ1) is 13.9. The van der Waals surface area contributed by atoms with Gasteiger partial charge < -0.3 is 15.3 Å². The number of aromatic nitrogens is 2. The van der Waals surface area contributed by atoms with Crippen molar-refractivity contribution in [3.05, 3.63) is 44.8 Å². The smallest absolute Gasteiger partial charge is 0.306 e. The van der Waals surface area contributed by atoms with Crippen LogP contribution in [0.2, 0.25) is 10.0 Å². The lowest BCUT2D eigenvalue weighted by Crippen LogP contribution is -2.37. The summed E-state index contributed by atoms with van der Waals surface area (Å²) in [4.78, 5) is 24.9. The summed E-state index contributed by atoms with van der Waals surface area (Å²) < 4.78 is 0. The predicted octanol–water partition coefficient (Wildman–Crippen LogP) is 5.22. The first-order valence-corrected chi connectivity index (χ1v) is 10.9. The van der Waals surface area contributed by atoms with Crippen molar-refractivity contribution < 1.29 is 9.90 Å². The average molecular weight is 451 g/mol. The molecule has 3 aromatic rings. The molecule has 1 fully saturated rings. The molecule has 1 aliphatic rings. The van der Waals surface area contributed by atoms with Crippen molar-refractivity contribution in [3.8, 4) is 0 Å². The van der Waals surface area contributed by atoms with Gasteiger partial charge in [0.1, 0.15) is 10.6 Å². The summed E-state index contributed by atoms with van der Waals surface area (Å²) in [5.74, 6) is 0.394. The lowest BCUT2D eigenvalue weighted by Gasteiger charge is -2.30. The second-order valence-corrected chi connectivity index (χ2v) is 9.20. The number of aryl methyl sites for hydroxylation is 1. The lowest BCUT2D eigenvalue weighted by atomic mass is 9.97. The monoisotopic (exact) mass is 450 g/mol. The van der Waals surface area contributed by atoms with E-state index in [1.807, 2.05) is 19.1 Å². The molecule has 0 bridgehead atoms. The van der Waals surface area contributed by atoms with E-state index in [2.05, 4.69) is 16.3 Å². The molecule has 1 aromatic carbocycles. The van der Waals surface area contributed by atoms with E-state index in [1.54, 1.807) is 17.4 Å². The minimum absolute atomic E-state index is 0.286. The molecule has 0 saturated carbocycles. The number of anilines is 2. The van der Waals surface area contributed by atoms with Crippen molar-refractivity contribution in [1.29, 1.82) is 0 Å². The molecule has 1 saturated heterocycles. The third kappa shape index (κ3) is 4.42. The van der Waals surface area contributed by atoms with Crippen LogP contribution in [0.1, 0.15) is 23.3 Å². The van der Waals surface area contributed by atoms with Gasteiger partial charge in [-0.05, 0) is 43.5 Å². The normalized spacial score (nSPS) is 15.1. The predicted molar refractivity (Wildman–Crippen MR) is 119 cm³/mol. The van der Waals surface area contributed by atoms with E-state index < -0.39 is 5.97 Å². The zero-order valence-electron chi connectivity index (χ0n) is 15.8. The Morgan fingerprint density at radius 1 is 1.24 bits per heavy atom. The Labute approximate surface area is 182 Å². The minimum Gasteiger partial charge on any atom is -0.481 e. The van der Waals surface area contributed by atoms with Gasteiger partial charge in [-0.1, -0.05) is 29.3 Å². The highest BCUT2D eigenvalue weighted by molar-refractivity contribution is 7.18.